The minimum atomic E-state index is -1.53. The lowest BCUT2D eigenvalue weighted by Crippen LogP contribution is -2.59. The normalized spacial score (nSPS) is 23.7. The molecule has 0 bridgehead atoms. The zero-order valence-corrected chi connectivity index (χ0v) is 25.8. The number of hydrogen-bond donors (Lipinski definition) is 4. The number of carbonyl (C=O) groups excluding carboxylic acids is 1. The first-order chi connectivity index (χ1) is 19.9. The van der Waals surface area contributed by atoms with Gasteiger partial charge in [0.1, 0.15) is 30.5 Å². The molecule has 242 valence electrons. The van der Waals surface area contributed by atoms with Gasteiger partial charge in [0.2, 0.25) is 0 Å². The van der Waals surface area contributed by atoms with E-state index in [0.29, 0.717) is 6.61 Å². The van der Waals surface area contributed by atoms with E-state index in [4.69, 9.17) is 18.9 Å². The summed E-state index contributed by atoms with van der Waals surface area (Å²) < 4.78 is 21.7. The van der Waals surface area contributed by atoms with Crippen molar-refractivity contribution >= 4 is 5.97 Å². The van der Waals surface area contributed by atoms with E-state index in [-0.39, 0.29) is 13.2 Å². The van der Waals surface area contributed by atoms with Gasteiger partial charge in [-0.25, -0.2) is 0 Å². The molecule has 1 fully saturated rings. The van der Waals surface area contributed by atoms with Crippen LogP contribution < -0.4 is 0 Å². The molecule has 9 heteroatoms. The SMILES string of the molecule is CCCCCCCCC/C=C\CCCCCCCCCCOCC(COC1OC(CO)C(O)C(O)C1O)OC(C)=O. The number of ether oxygens (including phenoxy) is 4. The van der Waals surface area contributed by atoms with Gasteiger partial charge in [-0.05, 0) is 32.1 Å². The third kappa shape index (κ3) is 19.0. The van der Waals surface area contributed by atoms with E-state index in [1.807, 2.05) is 0 Å². The lowest BCUT2D eigenvalue weighted by Gasteiger charge is -2.39. The Hall–Kier alpha value is -1.07. The molecule has 0 amide bonds. The van der Waals surface area contributed by atoms with Crippen molar-refractivity contribution in [3.05, 3.63) is 12.2 Å². The summed E-state index contributed by atoms with van der Waals surface area (Å²) in [5, 5.41) is 39.1. The summed E-state index contributed by atoms with van der Waals surface area (Å²) in [5.41, 5.74) is 0. The van der Waals surface area contributed by atoms with Crippen molar-refractivity contribution in [1.82, 2.24) is 0 Å². The average Bonchev–Trinajstić information content (AvgIpc) is 2.95. The molecule has 41 heavy (non-hydrogen) atoms. The van der Waals surface area contributed by atoms with Gasteiger partial charge >= 0.3 is 5.97 Å². The second kappa shape index (κ2) is 25.4. The zero-order valence-electron chi connectivity index (χ0n) is 25.8. The van der Waals surface area contributed by atoms with Crippen LogP contribution in [0, 0.1) is 0 Å². The number of allylic oxidation sites excluding steroid dienone is 2. The lowest BCUT2D eigenvalue weighted by molar-refractivity contribution is -0.305. The van der Waals surface area contributed by atoms with Gasteiger partial charge in [0, 0.05) is 13.5 Å². The highest BCUT2D eigenvalue weighted by Gasteiger charge is 2.44. The van der Waals surface area contributed by atoms with Crippen LogP contribution in [0.1, 0.15) is 123 Å². The van der Waals surface area contributed by atoms with Crippen molar-refractivity contribution in [1.29, 1.82) is 0 Å². The molecule has 1 rings (SSSR count). The van der Waals surface area contributed by atoms with Crippen LogP contribution in [-0.2, 0) is 23.7 Å². The summed E-state index contributed by atoms with van der Waals surface area (Å²) in [7, 11) is 0. The Morgan fingerprint density at radius 2 is 1.29 bits per heavy atom. The molecule has 4 N–H and O–H groups in total. The van der Waals surface area contributed by atoms with Crippen LogP contribution in [0.15, 0.2) is 12.2 Å². The molecule has 0 spiro atoms. The van der Waals surface area contributed by atoms with Crippen LogP contribution in [0.2, 0.25) is 0 Å². The number of unbranched alkanes of at least 4 members (excludes halogenated alkanes) is 15. The second-order valence-electron chi connectivity index (χ2n) is 11.3. The molecule has 0 aromatic carbocycles. The van der Waals surface area contributed by atoms with Gasteiger partial charge in [-0.15, -0.1) is 0 Å². The quantitative estimate of drug-likeness (QED) is 0.0628. The van der Waals surface area contributed by atoms with E-state index >= 15 is 0 Å². The van der Waals surface area contributed by atoms with Crippen molar-refractivity contribution in [3.8, 4) is 0 Å². The fourth-order valence-corrected chi connectivity index (χ4v) is 4.95. The molecule has 1 saturated heterocycles. The van der Waals surface area contributed by atoms with Crippen molar-refractivity contribution in [2.24, 2.45) is 0 Å². The van der Waals surface area contributed by atoms with Crippen LogP contribution >= 0.6 is 0 Å². The fraction of sp³-hybridized carbons (Fsp3) is 0.906. The molecule has 6 unspecified atom stereocenters. The largest absolute Gasteiger partial charge is 0.458 e. The Labute approximate surface area is 248 Å². The Morgan fingerprint density at radius 3 is 1.83 bits per heavy atom. The summed E-state index contributed by atoms with van der Waals surface area (Å²) >= 11 is 0. The Balaban J connectivity index is 2.00. The van der Waals surface area contributed by atoms with E-state index in [1.165, 1.54) is 103 Å². The summed E-state index contributed by atoms with van der Waals surface area (Å²) in [6, 6.07) is 0. The van der Waals surface area contributed by atoms with E-state index < -0.39 is 49.4 Å². The molecule has 1 aliphatic heterocycles. The molecule has 6 atom stereocenters. The van der Waals surface area contributed by atoms with Crippen LogP contribution in [0.25, 0.3) is 0 Å². The van der Waals surface area contributed by atoms with Crippen LogP contribution in [0.3, 0.4) is 0 Å². The van der Waals surface area contributed by atoms with Crippen molar-refractivity contribution in [2.75, 3.05) is 26.4 Å². The minimum absolute atomic E-state index is 0.128. The molecule has 0 aliphatic carbocycles. The first kappa shape index (κ1) is 38.0. The van der Waals surface area contributed by atoms with Gasteiger partial charge in [0.15, 0.2) is 6.29 Å². The molecule has 0 radical (unpaired) electrons. The first-order valence-electron chi connectivity index (χ1n) is 16.2. The van der Waals surface area contributed by atoms with Crippen molar-refractivity contribution in [2.45, 2.75) is 160 Å². The summed E-state index contributed by atoms with van der Waals surface area (Å²) in [6.07, 6.45) is 18.8. The minimum Gasteiger partial charge on any atom is -0.458 e. The first-order valence-corrected chi connectivity index (χ1v) is 16.2. The highest BCUT2D eigenvalue weighted by molar-refractivity contribution is 5.66. The lowest BCUT2D eigenvalue weighted by atomic mass is 9.99. The predicted molar refractivity (Wildman–Crippen MR) is 159 cm³/mol. The van der Waals surface area contributed by atoms with Gasteiger partial charge in [-0.3, -0.25) is 4.79 Å². The molecular weight excluding hydrogens is 528 g/mol. The maximum Gasteiger partial charge on any atom is 0.303 e. The van der Waals surface area contributed by atoms with Gasteiger partial charge in [-0.1, -0.05) is 96.1 Å². The Morgan fingerprint density at radius 1 is 0.756 bits per heavy atom. The van der Waals surface area contributed by atoms with Gasteiger partial charge in [0.25, 0.3) is 0 Å². The topological polar surface area (TPSA) is 135 Å². The number of esters is 1. The highest BCUT2D eigenvalue weighted by atomic mass is 16.7. The van der Waals surface area contributed by atoms with Crippen molar-refractivity contribution in [3.63, 3.8) is 0 Å². The average molecular weight is 589 g/mol. The van der Waals surface area contributed by atoms with Crippen molar-refractivity contribution < 1.29 is 44.2 Å². The molecule has 0 aromatic rings. The molecule has 1 aliphatic rings. The fourth-order valence-electron chi connectivity index (χ4n) is 4.95. The van der Waals surface area contributed by atoms with E-state index in [2.05, 4.69) is 19.1 Å². The molecule has 0 aromatic heterocycles. The molecule has 9 nitrogen and oxygen atoms in total. The van der Waals surface area contributed by atoms with Gasteiger partial charge < -0.3 is 39.4 Å². The highest BCUT2D eigenvalue weighted by Crippen LogP contribution is 2.22. The number of rotatable bonds is 26. The zero-order chi connectivity index (χ0) is 30.1. The van der Waals surface area contributed by atoms with Gasteiger partial charge in [0.05, 0.1) is 19.8 Å². The smallest absolute Gasteiger partial charge is 0.303 e. The maximum atomic E-state index is 11.5. The number of carbonyl (C=O) groups is 1. The number of aliphatic hydroxyl groups is 4. The summed E-state index contributed by atoms with van der Waals surface area (Å²) in [5.74, 6) is -0.490. The van der Waals surface area contributed by atoms with E-state index in [1.54, 1.807) is 0 Å². The molecule has 0 saturated carbocycles. The predicted octanol–water partition coefficient (Wildman–Crippen LogP) is 4.96. The van der Waals surface area contributed by atoms with Gasteiger partial charge in [-0.2, -0.15) is 0 Å². The third-order valence-corrected chi connectivity index (χ3v) is 7.48. The second-order valence-corrected chi connectivity index (χ2v) is 11.3. The molecular formula is C32H60O9. The van der Waals surface area contributed by atoms with E-state index in [0.717, 1.165) is 12.8 Å². The standard InChI is InChI=1S/C32H60O9/c1-3-4-5-6-7-8-9-10-11-12-13-14-15-16-17-18-19-20-21-22-38-24-27(40-26(2)34)25-39-32-31(37)30(36)29(35)28(23-33)41-32/h11-12,27-33,35-37H,3-10,13-25H2,1-2H3/b12-11-. The number of aliphatic hydroxyl groups excluding tert-OH is 4. The molecule has 1 heterocycles. The van der Waals surface area contributed by atoms with E-state index in [9.17, 15) is 25.2 Å². The van der Waals surface area contributed by atoms with Crippen LogP contribution in [0.5, 0.6) is 0 Å². The summed E-state index contributed by atoms with van der Waals surface area (Å²) in [6.45, 7) is 3.55. The summed E-state index contributed by atoms with van der Waals surface area (Å²) in [4.78, 5) is 11.5. The van der Waals surface area contributed by atoms with Crippen LogP contribution in [-0.4, -0.2) is 89.6 Å². The monoisotopic (exact) mass is 588 g/mol. The third-order valence-electron chi connectivity index (χ3n) is 7.48. The Kier molecular flexibility index (Phi) is 23.5. The maximum absolute atomic E-state index is 11.5. The number of hydrogen-bond acceptors (Lipinski definition) is 9. The van der Waals surface area contributed by atoms with Crippen LogP contribution in [0.4, 0.5) is 0 Å². The Bertz CT molecular complexity index is 643.